The largest absolute Gasteiger partial charge is 0.463 e. The average Bonchev–Trinajstić information content (AvgIpc) is 3.68. The van der Waals surface area contributed by atoms with Crippen LogP contribution in [0.3, 0.4) is 0 Å². The maximum atomic E-state index is 14.7. The van der Waals surface area contributed by atoms with E-state index in [9.17, 15) is 14.0 Å². The van der Waals surface area contributed by atoms with Crippen LogP contribution < -0.4 is 20.8 Å². The number of benzene rings is 1. The smallest absolute Gasteiger partial charge is 0.309 e. The number of nitrogens with one attached hydrogen (secondary N) is 1. The van der Waals surface area contributed by atoms with Crippen LogP contribution in [0, 0.1) is 5.82 Å². The number of amides is 1. The van der Waals surface area contributed by atoms with Crippen LogP contribution in [0.15, 0.2) is 45.8 Å². The van der Waals surface area contributed by atoms with Gasteiger partial charge in [0, 0.05) is 45.0 Å². The van der Waals surface area contributed by atoms with E-state index in [0.29, 0.717) is 60.2 Å². The molecule has 0 unspecified atom stereocenters. The SMILES string of the molecule is Nc1nc2c(sc(=O)n2CCN2CCN(c3cc4c(cc3F)NC(=O)C4)CC2)c2cc(-c3ccco3)nn12. The number of carbonyl (C=O) groups is 1. The van der Waals surface area contributed by atoms with E-state index >= 15 is 0 Å². The van der Waals surface area contributed by atoms with Crippen LogP contribution >= 0.6 is 11.3 Å². The van der Waals surface area contributed by atoms with Crippen molar-refractivity contribution in [3.8, 4) is 11.5 Å². The van der Waals surface area contributed by atoms with E-state index in [1.54, 1.807) is 23.0 Å². The van der Waals surface area contributed by atoms with Gasteiger partial charge in [-0.1, -0.05) is 11.3 Å². The third kappa shape index (κ3) is 3.73. The second-order valence-corrected chi connectivity index (χ2v) is 10.4. The quantitative estimate of drug-likeness (QED) is 0.352. The first kappa shape index (κ1) is 22.9. The summed E-state index contributed by atoms with van der Waals surface area (Å²) in [4.78, 5) is 33.3. The van der Waals surface area contributed by atoms with Crippen molar-refractivity contribution in [1.82, 2.24) is 24.1 Å². The maximum Gasteiger partial charge on any atom is 0.309 e. The molecule has 3 N–H and O–H groups in total. The monoisotopic (exact) mass is 534 g/mol. The number of halogens is 1. The molecular weight excluding hydrogens is 511 g/mol. The van der Waals surface area contributed by atoms with Crippen molar-refractivity contribution in [3.05, 3.63) is 57.6 Å². The molecule has 6 heterocycles. The minimum absolute atomic E-state index is 0.109. The summed E-state index contributed by atoms with van der Waals surface area (Å²) in [7, 11) is 0. The summed E-state index contributed by atoms with van der Waals surface area (Å²) in [5.41, 5.74) is 9.98. The fraction of sp³-hybridized carbons (Fsp3) is 0.280. The van der Waals surface area contributed by atoms with Gasteiger partial charge in [-0.2, -0.15) is 14.6 Å². The van der Waals surface area contributed by atoms with Gasteiger partial charge in [0.15, 0.2) is 11.4 Å². The van der Waals surface area contributed by atoms with Gasteiger partial charge in [-0.15, -0.1) is 0 Å². The van der Waals surface area contributed by atoms with Crippen molar-refractivity contribution in [3.63, 3.8) is 0 Å². The summed E-state index contributed by atoms with van der Waals surface area (Å²) in [6, 6.07) is 8.63. The fourth-order valence-electron chi connectivity index (χ4n) is 5.22. The number of carbonyl (C=O) groups excluding carboxylic acids is 1. The van der Waals surface area contributed by atoms with Gasteiger partial charge >= 0.3 is 4.87 Å². The van der Waals surface area contributed by atoms with Gasteiger partial charge in [-0.3, -0.25) is 19.1 Å². The number of rotatable bonds is 5. The maximum absolute atomic E-state index is 14.7. The van der Waals surface area contributed by atoms with Crippen molar-refractivity contribution in [2.45, 2.75) is 13.0 Å². The molecule has 1 aromatic carbocycles. The van der Waals surface area contributed by atoms with Gasteiger partial charge in [0.1, 0.15) is 16.2 Å². The Morgan fingerprint density at radius 3 is 2.76 bits per heavy atom. The van der Waals surface area contributed by atoms with E-state index in [1.807, 2.05) is 17.0 Å². The number of nitrogen functional groups attached to an aromatic ring is 1. The summed E-state index contributed by atoms with van der Waals surface area (Å²) < 4.78 is 24.1. The molecule has 2 aliphatic rings. The van der Waals surface area contributed by atoms with Gasteiger partial charge < -0.3 is 20.4 Å². The summed E-state index contributed by atoms with van der Waals surface area (Å²) >= 11 is 1.12. The molecule has 0 spiro atoms. The number of hydrogen-bond donors (Lipinski definition) is 2. The van der Waals surface area contributed by atoms with Gasteiger partial charge in [0.2, 0.25) is 11.9 Å². The number of aromatic nitrogens is 4. The predicted molar refractivity (Wildman–Crippen MR) is 142 cm³/mol. The first-order chi connectivity index (χ1) is 18.4. The molecule has 2 aliphatic heterocycles. The molecule has 0 radical (unpaired) electrons. The second kappa shape index (κ2) is 8.67. The lowest BCUT2D eigenvalue weighted by Gasteiger charge is -2.36. The van der Waals surface area contributed by atoms with E-state index in [1.165, 1.54) is 10.6 Å². The average molecular weight is 535 g/mol. The highest BCUT2D eigenvalue weighted by Crippen LogP contribution is 2.32. The van der Waals surface area contributed by atoms with E-state index in [2.05, 4.69) is 20.3 Å². The number of nitrogens with zero attached hydrogens (tertiary/aromatic N) is 6. The molecule has 11 nitrogen and oxygen atoms in total. The first-order valence-corrected chi connectivity index (χ1v) is 13.1. The topological polar surface area (TPSA) is 127 Å². The molecule has 0 saturated carbocycles. The number of piperazine rings is 1. The summed E-state index contributed by atoms with van der Waals surface area (Å²) in [5, 5.41) is 7.18. The van der Waals surface area contributed by atoms with Gasteiger partial charge in [-0.25, -0.2) is 4.39 Å². The number of hydrogen-bond acceptors (Lipinski definition) is 9. The Balaban J connectivity index is 1.08. The third-order valence-electron chi connectivity index (χ3n) is 7.17. The molecule has 0 bridgehead atoms. The first-order valence-electron chi connectivity index (χ1n) is 12.3. The van der Waals surface area contributed by atoms with E-state index in [0.717, 1.165) is 34.7 Å². The lowest BCUT2D eigenvalue weighted by molar-refractivity contribution is -0.115. The zero-order chi connectivity index (χ0) is 26.0. The molecule has 194 valence electrons. The highest BCUT2D eigenvalue weighted by molar-refractivity contribution is 7.17. The number of fused-ring (bicyclic) bond motifs is 4. The minimum Gasteiger partial charge on any atom is -0.463 e. The van der Waals surface area contributed by atoms with Gasteiger partial charge in [0.25, 0.3) is 0 Å². The molecule has 4 aromatic heterocycles. The lowest BCUT2D eigenvalue weighted by Crippen LogP contribution is -2.47. The van der Waals surface area contributed by atoms with Gasteiger partial charge in [-0.05, 0) is 35.9 Å². The van der Waals surface area contributed by atoms with Crippen LogP contribution in [0.1, 0.15) is 5.56 Å². The zero-order valence-corrected chi connectivity index (χ0v) is 21.0. The Kier molecular flexibility index (Phi) is 5.23. The zero-order valence-electron chi connectivity index (χ0n) is 20.2. The van der Waals surface area contributed by atoms with Crippen molar-refractivity contribution < 1.29 is 13.6 Å². The molecule has 13 heteroatoms. The van der Waals surface area contributed by atoms with Crippen molar-refractivity contribution in [2.24, 2.45) is 0 Å². The number of furan rings is 1. The molecule has 5 aromatic rings. The standard InChI is InChI=1S/C25H23FN8O3S/c26-15-12-16-14(11-21(35)28-16)10-18(15)32-6-3-31(4-7-32)5-8-33-23-22(38-25(33)36)19-13-17(20-2-1-9-37-20)30-34(19)24(27)29-23/h1-2,9-10,12-13H,3-8,11H2,(H2,27,29)(H,28,35). The van der Waals surface area contributed by atoms with Crippen molar-refractivity contribution >= 4 is 50.4 Å². The molecule has 1 fully saturated rings. The van der Waals surface area contributed by atoms with Crippen LogP contribution in [-0.2, 0) is 17.8 Å². The number of thiazole rings is 1. The molecule has 0 aliphatic carbocycles. The Morgan fingerprint density at radius 2 is 1.97 bits per heavy atom. The number of nitrogens with two attached hydrogens (primary N) is 1. The lowest BCUT2D eigenvalue weighted by atomic mass is 10.1. The van der Waals surface area contributed by atoms with Gasteiger partial charge in [0.05, 0.1) is 23.9 Å². The number of anilines is 3. The minimum atomic E-state index is -0.333. The molecule has 38 heavy (non-hydrogen) atoms. The predicted octanol–water partition coefficient (Wildman–Crippen LogP) is 2.40. The fourth-order valence-corrected chi connectivity index (χ4v) is 6.18. The van der Waals surface area contributed by atoms with Crippen LogP contribution in [0.5, 0.6) is 0 Å². The van der Waals surface area contributed by atoms with E-state index < -0.39 is 0 Å². The van der Waals surface area contributed by atoms with Crippen LogP contribution in [0.4, 0.5) is 21.7 Å². The molecule has 0 atom stereocenters. The molecule has 1 amide bonds. The Bertz CT molecular complexity index is 1770. The van der Waals surface area contributed by atoms with Crippen LogP contribution in [0.2, 0.25) is 0 Å². The van der Waals surface area contributed by atoms with E-state index in [-0.39, 0.29) is 29.0 Å². The normalized spacial score (nSPS) is 16.0. The highest BCUT2D eigenvalue weighted by Gasteiger charge is 2.25. The summed E-state index contributed by atoms with van der Waals surface area (Å²) in [6.45, 7) is 3.84. The van der Waals surface area contributed by atoms with Crippen molar-refractivity contribution in [1.29, 1.82) is 0 Å². The Morgan fingerprint density at radius 1 is 1.13 bits per heavy atom. The molecule has 1 saturated heterocycles. The Hall–Kier alpha value is -4.23. The Labute approximate surface area is 218 Å². The third-order valence-corrected chi connectivity index (χ3v) is 8.16. The molecular formula is C25H23FN8O3S. The van der Waals surface area contributed by atoms with Crippen LogP contribution in [0.25, 0.3) is 27.3 Å². The van der Waals surface area contributed by atoms with Crippen molar-refractivity contribution in [2.75, 3.05) is 48.7 Å². The molecule has 7 rings (SSSR count). The highest BCUT2D eigenvalue weighted by atomic mass is 32.1. The second-order valence-electron chi connectivity index (χ2n) is 9.46. The summed E-state index contributed by atoms with van der Waals surface area (Å²) in [6.07, 6.45) is 1.85. The summed E-state index contributed by atoms with van der Waals surface area (Å²) in [5.74, 6) is 0.359. The van der Waals surface area contributed by atoms with Crippen LogP contribution in [-0.4, -0.2) is 62.7 Å². The van der Waals surface area contributed by atoms with E-state index in [4.69, 9.17) is 10.2 Å².